The van der Waals surface area contributed by atoms with E-state index in [2.05, 4.69) is 20.1 Å². The van der Waals surface area contributed by atoms with Crippen molar-refractivity contribution in [3.63, 3.8) is 0 Å². The third-order valence-corrected chi connectivity index (χ3v) is 5.49. The van der Waals surface area contributed by atoms with E-state index in [1.807, 2.05) is 31.4 Å². The molecular formula is C22H17Cl2N5O. The van der Waals surface area contributed by atoms with Crippen molar-refractivity contribution in [3.8, 4) is 22.4 Å². The summed E-state index contributed by atoms with van der Waals surface area (Å²) in [7, 11) is 1.87. The topological polar surface area (TPSA) is 73.6 Å². The quantitative estimate of drug-likeness (QED) is 0.411. The van der Waals surface area contributed by atoms with Gasteiger partial charge in [-0.2, -0.15) is 5.10 Å². The minimum absolute atomic E-state index is 0.110. The summed E-state index contributed by atoms with van der Waals surface area (Å²) in [5, 5.41) is 5.24. The van der Waals surface area contributed by atoms with Gasteiger partial charge in [0, 0.05) is 48.5 Å². The smallest absolute Gasteiger partial charge is 0.170 e. The summed E-state index contributed by atoms with van der Waals surface area (Å²) in [6.07, 6.45) is 10.1. The first-order valence-corrected chi connectivity index (χ1v) is 9.91. The van der Waals surface area contributed by atoms with Gasteiger partial charge in [0.05, 0.1) is 40.2 Å². The van der Waals surface area contributed by atoms with Crippen LogP contribution in [0.1, 0.15) is 21.6 Å². The van der Waals surface area contributed by atoms with E-state index in [0.29, 0.717) is 32.6 Å². The molecular weight excluding hydrogens is 421 g/mol. The highest BCUT2D eigenvalue weighted by molar-refractivity contribution is 6.33. The molecule has 0 saturated carbocycles. The summed E-state index contributed by atoms with van der Waals surface area (Å²) in [6, 6.07) is 5.72. The SMILES string of the molecule is Cc1c(Cl)cncc1C(=O)Cc1cnc(-c2cc(-c3cnn(C)c3)ccc2Cl)cn1. The van der Waals surface area contributed by atoms with E-state index < -0.39 is 0 Å². The van der Waals surface area contributed by atoms with Gasteiger partial charge in [-0.3, -0.25) is 24.4 Å². The summed E-state index contributed by atoms with van der Waals surface area (Å²) in [4.78, 5) is 25.5. The Kier molecular flexibility index (Phi) is 5.61. The minimum atomic E-state index is -0.110. The fourth-order valence-corrected chi connectivity index (χ4v) is 3.47. The predicted octanol–water partition coefficient (Wildman–Crippen LogP) is 4.98. The van der Waals surface area contributed by atoms with Gasteiger partial charge in [0.15, 0.2) is 5.78 Å². The molecule has 0 amide bonds. The van der Waals surface area contributed by atoms with E-state index in [0.717, 1.165) is 16.7 Å². The first-order valence-electron chi connectivity index (χ1n) is 9.15. The second-order valence-corrected chi connectivity index (χ2v) is 7.70. The predicted molar refractivity (Wildman–Crippen MR) is 117 cm³/mol. The van der Waals surface area contributed by atoms with Crippen molar-refractivity contribution >= 4 is 29.0 Å². The molecule has 0 spiro atoms. The Morgan fingerprint density at radius 2 is 1.83 bits per heavy atom. The zero-order chi connectivity index (χ0) is 21.3. The third kappa shape index (κ3) is 4.10. The monoisotopic (exact) mass is 437 g/mol. The highest BCUT2D eigenvalue weighted by Gasteiger charge is 2.14. The molecule has 0 aliphatic carbocycles. The molecule has 6 nitrogen and oxygen atoms in total. The number of hydrogen-bond acceptors (Lipinski definition) is 5. The lowest BCUT2D eigenvalue weighted by atomic mass is 10.0. The zero-order valence-corrected chi connectivity index (χ0v) is 17.8. The standard InChI is InChI=1S/C22H17Cl2N5O/c1-13-18(9-25-10-20(13)24)22(30)6-16-8-27-21(11-26-16)17-5-14(3-4-19(17)23)15-7-28-29(2)12-15/h3-5,7-12H,6H2,1-2H3. The molecule has 4 aromatic rings. The van der Waals surface area contributed by atoms with Gasteiger partial charge < -0.3 is 0 Å². The molecule has 0 aliphatic heterocycles. The highest BCUT2D eigenvalue weighted by atomic mass is 35.5. The molecule has 0 radical (unpaired) electrons. The van der Waals surface area contributed by atoms with Crippen LogP contribution in [0.15, 0.2) is 55.4 Å². The summed E-state index contributed by atoms with van der Waals surface area (Å²) in [5.74, 6) is -0.110. The second-order valence-electron chi connectivity index (χ2n) is 6.88. The molecule has 3 aromatic heterocycles. The van der Waals surface area contributed by atoms with Crippen LogP contribution in [0.4, 0.5) is 0 Å². The number of halogens is 2. The molecule has 30 heavy (non-hydrogen) atoms. The Labute approximate surface area is 183 Å². The molecule has 0 atom stereocenters. The highest BCUT2D eigenvalue weighted by Crippen LogP contribution is 2.31. The molecule has 0 unspecified atom stereocenters. The lowest BCUT2D eigenvalue weighted by Crippen LogP contribution is -2.08. The van der Waals surface area contributed by atoms with Crippen LogP contribution in [-0.2, 0) is 13.5 Å². The second kappa shape index (κ2) is 8.34. The van der Waals surface area contributed by atoms with Crippen molar-refractivity contribution in [2.45, 2.75) is 13.3 Å². The molecule has 0 bridgehead atoms. The summed E-state index contributed by atoms with van der Waals surface area (Å²) in [5.41, 5.74) is 5.10. The van der Waals surface area contributed by atoms with Crippen LogP contribution in [0.25, 0.3) is 22.4 Å². The molecule has 0 N–H and O–H groups in total. The number of benzene rings is 1. The van der Waals surface area contributed by atoms with Crippen molar-refractivity contribution in [2.24, 2.45) is 7.05 Å². The fourth-order valence-electron chi connectivity index (χ4n) is 3.10. The number of aryl methyl sites for hydroxylation is 1. The van der Waals surface area contributed by atoms with Crippen LogP contribution in [0.5, 0.6) is 0 Å². The number of rotatable bonds is 5. The maximum atomic E-state index is 12.6. The van der Waals surface area contributed by atoms with Gasteiger partial charge in [0.25, 0.3) is 0 Å². The maximum Gasteiger partial charge on any atom is 0.170 e. The number of hydrogen-bond donors (Lipinski definition) is 0. The number of Topliss-reactive ketones (excluding diaryl/α,β-unsaturated/α-hetero) is 1. The van der Waals surface area contributed by atoms with Crippen LogP contribution < -0.4 is 0 Å². The molecule has 0 fully saturated rings. The van der Waals surface area contributed by atoms with Gasteiger partial charge in [-0.05, 0) is 30.2 Å². The summed E-state index contributed by atoms with van der Waals surface area (Å²) < 4.78 is 1.74. The van der Waals surface area contributed by atoms with Crippen LogP contribution in [0.3, 0.4) is 0 Å². The van der Waals surface area contributed by atoms with Gasteiger partial charge in [-0.15, -0.1) is 0 Å². The van der Waals surface area contributed by atoms with Crippen molar-refractivity contribution in [3.05, 3.63) is 82.2 Å². The van der Waals surface area contributed by atoms with Crippen LogP contribution in [0.2, 0.25) is 10.0 Å². The van der Waals surface area contributed by atoms with Crippen molar-refractivity contribution in [1.29, 1.82) is 0 Å². The summed E-state index contributed by atoms with van der Waals surface area (Å²) in [6.45, 7) is 1.79. The van der Waals surface area contributed by atoms with E-state index in [1.165, 1.54) is 12.4 Å². The van der Waals surface area contributed by atoms with E-state index >= 15 is 0 Å². The molecule has 150 valence electrons. The minimum Gasteiger partial charge on any atom is -0.294 e. The fraction of sp³-hybridized carbons (Fsp3) is 0.136. The van der Waals surface area contributed by atoms with Gasteiger partial charge >= 0.3 is 0 Å². The number of nitrogens with zero attached hydrogens (tertiary/aromatic N) is 5. The molecule has 0 aliphatic rings. The van der Waals surface area contributed by atoms with Crippen molar-refractivity contribution < 1.29 is 4.79 Å². The maximum absolute atomic E-state index is 12.6. The van der Waals surface area contributed by atoms with E-state index in [-0.39, 0.29) is 12.2 Å². The van der Waals surface area contributed by atoms with E-state index in [1.54, 1.807) is 30.2 Å². The Morgan fingerprint density at radius 3 is 2.53 bits per heavy atom. The van der Waals surface area contributed by atoms with Gasteiger partial charge in [-0.25, -0.2) is 0 Å². The van der Waals surface area contributed by atoms with E-state index in [4.69, 9.17) is 23.2 Å². The molecule has 4 rings (SSSR count). The Hall–Kier alpha value is -3.09. The first-order chi connectivity index (χ1) is 14.4. The van der Waals surface area contributed by atoms with Gasteiger partial charge in [0.1, 0.15) is 0 Å². The zero-order valence-electron chi connectivity index (χ0n) is 16.3. The normalized spacial score (nSPS) is 10.9. The third-order valence-electron chi connectivity index (χ3n) is 4.78. The van der Waals surface area contributed by atoms with Crippen molar-refractivity contribution in [2.75, 3.05) is 0 Å². The Balaban J connectivity index is 1.58. The average Bonchev–Trinajstić information content (AvgIpc) is 3.17. The molecule has 8 heteroatoms. The molecule has 3 heterocycles. The lowest BCUT2D eigenvalue weighted by molar-refractivity contribution is 0.0991. The van der Waals surface area contributed by atoms with Crippen LogP contribution >= 0.6 is 23.2 Å². The number of carbonyl (C=O) groups is 1. The first kappa shape index (κ1) is 20.2. The van der Waals surface area contributed by atoms with E-state index in [9.17, 15) is 4.79 Å². The number of aromatic nitrogens is 5. The Bertz CT molecular complexity index is 1230. The van der Waals surface area contributed by atoms with Gasteiger partial charge in [-0.1, -0.05) is 29.3 Å². The summed E-state index contributed by atoms with van der Waals surface area (Å²) >= 11 is 12.5. The van der Waals surface area contributed by atoms with Crippen LogP contribution in [0, 0.1) is 6.92 Å². The number of pyridine rings is 1. The molecule has 1 aromatic carbocycles. The Morgan fingerprint density at radius 1 is 1.00 bits per heavy atom. The largest absolute Gasteiger partial charge is 0.294 e. The number of carbonyl (C=O) groups excluding carboxylic acids is 1. The van der Waals surface area contributed by atoms with Gasteiger partial charge in [0.2, 0.25) is 0 Å². The average molecular weight is 438 g/mol. The lowest BCUT2D eigenvalue weighted by Gasteiger charge is -2.08. The van der Waals surface area contributed by atoms with Crippen molar-refractivity contribution in [1.82, 2.24) is 24.7 Å². The number of ketones is 1. The molecule has 0 saturated heterocycles. The van der Waals surface area contributed by atoms with Crippen LogP contribution in [-0.4, -0.2) is 30.5 Å².